The Balaban J connectivity index is 1.60. The number of nitrogens with one attached hydrogen (secondary N) is 3. The fraction of sp³-hybridized carbons (Fsp3) is 0.300. The van der Waals surface area contributed by atoms with E-state index in [0.717, 1.165) is 0 Å². The van der Waals surface area contributed by atoms with Crippen LogP contribution in [0.4, 0.5) is 11.5 Å². The minimum absolute atomic E-state index is 0.168. The molecule has 0 saturated carbocycles. The van der Waals surface area contributed by atoms with Crippen LogP contribution in [0.5, 0.6) is 0 Å². The predicted octanol–water partition coefficient (Wildman–Crippen LogP) is -0.442. The summed E-state index contributed by atoms with van der Waals surface area (Å²) in [5, 5.41) is 25.8. The molecule has 0 bridgehead atoms. The van der Waals surface area contributed by atoms with Gasteiger partial charge in [0.2, 0.25) is 0 Å². The highest BCUT2D eigenvalue weighted by atomic mass is 16.4. The maximum atomic E-state index is 12.3. The normalized spacial score (nSPS) is 15.8. The van der Waals surface area contributed by atoms with E-state index in [1.165, 1.54) is 18.3 Å². The third-order valence-electron chi connectivity index (χ3n) is 4.92. The fourth-order valence-corrected chi connectivity index (χ4v) is 3.04. The van der Waals surface area contributed by atoms with Gasteiger partial charge in [0.1, 0.15) is 6.04 Å². The summed E-state index contributed by atoms with van der Waals surface area (Å²) in [6.07, 6.45) is 0.245. The second kappa shape index (κ2) is 9.91. The highest BCUT2D eigenvalue weighted by Crippen LogP contribution is 2.20. The van der Waals surface area contributed by atoms with Crippen LogP contribution in [-0.2, 0) is 16.1 Å². The zero-order valence-electron chi connectivity index (χ0n) is 17.6. The number of rotatable bonds is 9. The van der Waals surface area contributed by atoms with E-state index in [-0.39, 0.29) is 30.6 Å². The van der Waals surface area contributed by atoms with Crippen molar-refractivity contribution in [2.24, 2.45) is 5.73 Å². The number of carbonyl (C=O) groups is 4. The average Bonchev–Trinajstić information content (AvgIpc) is 2.78. The number of carboxylic acid groups (broad SMARTS) is 2. The molecule has 2 unspecified atom stereocenters. The summed E-state index contributed by atoms with van der Waals surface area (Å²) in [6.45, 7) is 0.255. The molecule has 13 heteroatoms. The number of aliphatic carboxylic acids is 2. The Bertz CT molecular complexity index is 1080. The summed E-state index contributed by atoms with van der Waals surface area (Å²) in [4.78, 5) is 56.5. The SMILES string of the molecule is CN1c2ncc(CNc3ccc(C(=O)NC(CCC(=O)O)C(=O)O)cc3)nc2C(=O)NC1N. The highest BCUT2D eigenvalue weighted by Gasteiger charge is 2.28. The summed E-state index contributed by atoms with van der Waals surface area (Å²) < 4.78 is 0. The van der Waals surface area contributed by atoms with Gasteiger partial charge in [-0.25, -0.2) is 14.8 Å². The van der Waals surface area contributed by atoms with Gasteiger partial charge in [-0.05, 0) is 30.7 Å². The van der Waals surface area contributed by atoms with E-state index < -0.39 is 36.1 Å². The van der Waals surface area contributed by atoms with Crippen LogP contribution in [-0.4, -0.2) is 63.3 Å². The van der Waals surface area contributed by atoms with Crippen molar-refractivity contribution in [3.05, 3.63) is 47.4 Å². The summed E-state index contributed by atoms with van der Waals surface area (Å²) >= 11 is 0. The number of benzene rings is 1. The van der Waals surface area contributed by atoms with E-state index in [0.29, 0.717) is 17.2 Å². The molecular formula is C20H23N7O6. The maximum Gasteiger partial charge on any atom is 0.326 e. The Morgan fingerprint density at radius 2 is 1.94 bits per heavy atom. The van der Waals surface area contributed by atoms with Gasteiger partial charge in [0, 0.05) is 24.7 Å². The van der Waals surface area contributed by atoms with Crippen LogP contribution < -0.4 is 26.6 Å². The lowest BCUT2D eigenvalue weighted by molar-refractivity contribution is -0.140. The molecule has 2 heterocycles. The average molecular weight is 457 g/mol. The molecule has 1 aromatic heterocycles. The summed E-state index contributed by atoms with van der Waals surface area (Å²) in [5.74, 6) is -3.12. The van der Waals surface area contributed by atoms with Crippen LogP contribution in [0.2, 0.25) is 0 Å². The van der Waals surface area contributed by atoms with E-state index in [1.807, 2.05) is 0 Å². The van der Waals surface area contributed by atoms with Gasteiger partial charge in [-0.3, -0.25) is 20.1 Å². The summed E-state index contributed by atoms with van der Waals surface area (Å²) in [6, 6.07) is 4.92. The standard InChI is InChI=1S/C20H23N7O6/c1-27-16-15(18(31)26-20(27)21)24-12(9-23-16)8-22-11-4-2-10(3-5-11)17(30)25-13(19(32)33)6-7-14(28)29/h2-5,9,13,20,22H,6-8,21H2,1H3,(H,25,30)(H,26,31)(H,28,29)(H,32,33). The molecule has 33 heavy (non-hydrogen) atoms. The number of amides is 2. The van der Waals surface area contributed by atoms with Gasteiger partial charge < -0.3 is 31.1 Å². The highest BCUT2D eigenvalue weighted by molar-refractivity contribution is 5.99. The number of aromatic nitrogens is 2. The molecule has 0 fully saturated rings. The molecule has 2 amide bonds. The van der Waals surface area contributed by atoms with E-state index in [1.54, 1.807) is 24.1 Å². The zero-order chi connectivity index (χ0) is 24.1. The minimum Gasteiger partial charge on any atom is -0.481 e. The van der Waals surface area contributed by atoms with Gasteiger partial charge in [-0.1, -0.05) is 0 Å². The summed E-state index contributed by atoms with van der Waals surface area (Å²) in [7, 11) is 1.69. The topological polar surface area (TPSA) is 200 Å². The lowest BCUT2D eigenvalue weighted by atomic mass is 10.1. The molecule has 1 aliphatic rings. The number of hydrogen-bond donors (Lipinski definition) is 6. The molecule has 1 aromatic carbocycles. The first-order chi connectivity index (χ1) is 15.7. The first-order valence-corrected chi connectivity index (χ1v) is 9.90. The molecule has 1 aliphatic heterocycles. The quantitative estimate of drug-likeness (QED) is 0.285. The Morgan fingerprint density at radius 3 is 2.58 bits per heavy atom. The number of nitrogens with two attached hydrogens (primary N) is 1. The molecule has 0 radical (unpaired) electrons. The largest absolute Gasteiger partial charge is 0.481 e. The molecule has 174 valence electrons. The number of carboxylic acids is 2. The van der Waals surface area contributed by atoms with Crippen molar-refractivity contribution in [1.29, 1.82) is 0 Å². The Kier molecular flexibility index (Phi) is 7.03. The number of nitrogens with zero attached hydrogens (tertiary/aromatic N) is 3. The van der Waals surface area contributed by atoms with Crippen molar-refractivity contribution in [3.63, 3.8) is 0 Å². The Labute approximate surface area is 188 Å². The van der Waals surface area contributed by atoms with E-state index >= 15 is 0 Å². The Morgan fingerprint density at radius 1 is 1.24 bits per heavy atom. The Hall–Kier alpha value is -4.26. The fourth-order valence-electron chi connectivity index (χ4n) is 3.04. The van der Waals surface area contributed by atoms with Crippen LogP contribution >= 0.6 is 0 Å². The van der Waals surface area contributed by atoms with E-state index in [2.05, 4.69) is 25.9 Å². The molecule has 13 nitrogen and oxygen atoms in total. The third-order valence-corrected chi connectivity index (χ3v) is 4.92. The van der Waals surface area contributed by atoms with Gasteiger partial charge in [-0.2, -0.15) is 0 Å². The van der Waals surface area contributed by atoms with Gasteiger partial charge in [-0.15, -0.1) is 0 Å². The van der Waals surface area contributed by atoms with Crippen molar-refractivity contribution in [3.8, 4) is 0 Å². The third kappa shape index (κ3) is 5.71. The molecular weight excluding hydrogens is 434 g/mol. The van der Waals surface area contributed by atoms with Crippen molar-refractivity contribution in [1.82, 2.24) is 20.6 Å². The van der Waals surface area contributed by atoms with Gasteiger partial charge in [0.25, 0.3) is 11.8 Å². The van der Waals surface area contributed by atoms with Crippen LogP contribution in [0.25, 0.3) is 0 Å². The molecule has 3 rings (SSSR count). The predicted molar refractivity (Wildman–Crippen MR) is 115 cm³/mol. The number of hydrogen-bond acceptors (Lipinski definition) is 9. The first kappa shape index (κ1) is 23.4. The second-order valence-electron chi connectivity index (χ2n) is 7.29. The lowest BCUT2D eigenvalue weighted by Gasteiger charge is -2.31. The van der Waals surface area contributed by atoms with Crippen molar-refractivity contribution >= 4 is 35.3 Å². The molecule has 0 spiro atoms. The molecule has 2 atom stereocenters. The van der Waals surface area contributed by atoms with Crippen molar-refractivity contribution in [2.45, 2.75) is 31.7 Å². The maximum absolute atomic E-state index is 12.3. The molecule has 0 aliphatic carbocycles. The molecule has 0 saturated heterocycles. The molecule has 2 aromatic rings. The van der Waals surface area contributed by atoms with E-state index in [4.69, 9.17) is 15.9 Å². The number of carbonyl (C=O) groups excluding carboxylic acids is 2. The van der Waals surface area contributed by atoms with Crippen LogP contribution in [0.1, 0.15) is 39.4 Å². The van der Waals surface area contributed by atoms with Crippen LogP contribution in [0.15, 0.2) is 30.5 Å². The second-order valence-corrected chi connectivity index (χ2v) is 7.29. The smallest absolute Gasteiger partial charge is 0.326 e. The number of fused-ring (bicyclic) bond motifs is 1. The van der Waals surface area contributed by atoms with Crippen LogP contribution in [0, 0.1) is 0 Å². The lowest BCUT2D eigenvalue weighted by Crippen LogP contribution is -2.57. The van der Waals surface area contributed by atoms with E-state index in [9.17, 15) is 19.2 Å². The molecule has 7 N–H and O–H groups in total. The first-order valence-electron chi connectivity index (χ1n) is 9.90. The van der Waals surface area contributed by atoms with Gasteiger partial charge in [0.05, 0.1) is 18.4 Å². The summed E-state index contributed by atoms with van der Waals surface area (Å²) in [5.41, 5.74) is 7.33. The van der Waals surface area contributed by atoms with Crippen LogP contribution in [0.3, 0.4) is 0 Å². The van der Waals surface area contributed by atoms with Gasteiger partial charge in [0.15, 0.2) is 17.8 Å². The van der Waals surface area contributed by atoms with Gasteiger partial charge >= 0.3 is 11.9 Å². The number of anilines is 2. The van der Waals surface area contributed by atoms with Crippen molar-refractivity contribution in [2.75, 3.05) is 17.3 Å². The minimum atomic E-state index is -1.31. The van der Waals surface area contributed by atoms with Crippen molar-refractivity contribution < 1.29 is 29.4 Å². The monoisotopic (exact) mass is 457 g/mol. The zero-order valence-corrected chi connectivity index (χ0v) is 17.6.